The number of amides is 2. The third kappa shape index (κ3) is 4.29. The van der Waals surface area contributed by atoms with Gasteiger partial charge in [-0.1, -0.05) is 23.7 Å². The van der Waals surface area contributed by atoms with Crippen LogP contribution in [0.1, 0.15) is 18.9 Å². The summed E-state index contributed by atoms with van der Waals surface area (Å²) < 4.78 is 64.1. The highest BCUT2D eigenvalue weighted by Gasteiger charge is 2.36. The van der Waals surface area contributed by atoms with Crippen molar-refractivity contribution in [2.45, 2.75) is 29.7 Å². The van der Waals surface area contributed by atoms with Crippen LogP contribution in [0.4, 0.5) is 24.5 Å². The number of fused-ring (bicyclic) bond motifs is 1. The largest absolute Gasteiger partial charge is 0.416 e. The maximum atomic E-state index is 12.9. The Labute approximate surface area is 175 Å². The summed E-state index contributed by atoms with van der Waals surface area (Å²) in [6.07, 6.45) is -4.97. The molecule has 1 aliphatic rings. The normalized spacial score (nSPS) is 18.5. The fourth-order valence-corrected chi connectivity index (χ4v) is 4.74. The first-order valence-electron chi connectivity index (χ1n) is 8.71. The molecular weight excluding hydrogens is 445 g/mol. The summed E-state index contributed by atoms with van der Waals surface area (Å²) in [6.45, 7) is 0.806. The molecule has 0 fully saturated rings. The number of hydrogen-bond donors (Lipinski definition) is 1. The standard InChI is InChI=1S/C19H16ClF3N2O4S/c1-11-8-18(27)25(15-4-2-3-5-16(15)30(11,28)29)10-17(26)24-14-9-12(19(21,22)23)6-7-13(14)20/h2-7,9,11H,8,10H2,1H3,(H,24,26). The Hall–Kier alpha value is -2.59. The lowest BCUT2D eigenvalue weighted by atomic mass is 10.2. The van der Waals surface area contributed by atoms with Crippen molar-refractivity contribution < 1.29 is 31.2 Å². The van der Waals surface area contributed by atoms with Crippen molar-refractivity contribution in [3.05, 3.63) is 53.1 Å². The molecule has 0 bridgehead atoms. The molecule has 0 saturated carbocycles. The third-order valence-electron chi connectivity index (χ3n) is 4.62. The zero-order valence-corrected chi connectivity index (χ0v) is 17.1. The Morgan fingerprint density at radius 1 is 1.23 bits per heavy atom. The van der Waals surface area contributed by atoms with E-state index in [2.05, 4.69) is 5.32 Å². The van der Waals surface area contributed by atoms with Crippen molar-refractivity contribution >= 4 is 44.6 Å². The van der Waals surface area contributed by atoms with E-state index in [4.69, 9.17) is 11.6 Å². The molecule has 1 unspecified atom stereocenters. The first-order valence-corrected chi connectivity index (χ1v) is 10.6. The lowest BCUT2D eigenvalue weighted by Crippen LogP contribution is -2.38. The molecule has 160 valence electrons. The summed E-state index contributed by atoms with van der Waals surface area (Å²) in [5, 5.41) is 1.16. The highest BCUT2D eigenvalue weighted by atomic mass is 35.5. The van der Waals surface area contributed by atoms with E-state index in [0.717, 1.165) is 17.0 Å². The zero-order valence-electron chi connectivity index (χ0n) is 15.5. The van der Waals surface area contributed by atoms with Crippen molar-refractivity contribution in [1.82, 2.24) is 0 Å². The number of anilines is 2. The van der Waals surface area contributed by atoms with Crippen molar-refractivity contribution in [2.75, 3.05) is 16.8 Å². The van der Waals surface area contributed by atoms with Gasteiger partial charge in [-0.3, -0.25) is 9.59 Å². The van der Waals surface area contributed by atoms with Crippen molar-refractivity contribution in [2.24, 2.45) is 0 Å². The predicted molar refractivity (Wildman–Crippen MR) is 105 cm³/mol. The van der Waals surface area contributed by atoms with Gasteiger partial charge in [0.05, 0.1) is 32.1 Å². The van der Waals surface area contributed by atoms with Gasteiger partial charge in [-0.05, 0) is 37.3 Å². The van der Waals surface area contributed by atoms with E-state index in [1.54, 1.807) is 0 Å². The van der Waals surface area contributed by atoms with Crippen molar-refractivity contribution in [3.63, 3.8) is 0 Å². The summed E-state index contributed by atoms with van der Waals surface area (Å²) in [5.74, 6) is -1.42. The summed E-state index contributed by atoms with van der Waals surface area (Å²) in [7, 11) is -3.79. The highest BCUT2D eigenvalue weighted by molar-refractivity contribution is 7.92. The van der Waals surface area contributed by atoms with Gasteiger partial charge in [0.1, 0.15) is 6.54 Å². The maximum absolute atomic E-state index is 12.9. The van der Waals surface area contributed by atoms with Crippen LogP contribution in [0.25, 0.3) is 0 Å². The van der Waals surface area contributed by atoms with Gasteiger partial charge in [-0.15, -0.1) is 0 Å². The lowest BCUT2D eigenvalue weighted by Gasteiger charge is -2.22. The van der Waals surface area contributed by atoms with Crippen LogP contribution in [-0.4, -0.2) is 32.0 Å². The molecule has 0 saturated heterocycles. The van der Waals surface area contributed by atoms with E-state index in [1.165, 1.54) is 31.2 Å². The molecule has 6 nitrogen and oxygen atoms in total. The van der Waals surface area contributed by atoms with Crippen LogP contribution in [0, 0.1) is 0 Å². The number of para-hydroxylation sites is 1. The molecule has 1 aliphatic heterocycles. The molecule has 0 aliphatic carbocycles. The number of hydrogen-bond acceptors (Lipinski definition) is 4. The summed E-state index contributed by atoms with van der Waals surface area (Å²) in [6, 6.07) is 8.22. The quantitative estimate of drug-likeness (QED) is 0.753. The number of sulfone groups is 1. The Morgan fingerprint density at radius 3 is 2.57 bits per heavy atom. The van der Waals surface area contributed by atoms with E-state index >= 15 is 0 Å². The number of nitrogens with one attached hydrogen (secondary N) is 1. The maximum Gasteiger partial charge on any atom is 0.416 e. The average molecular weight is 461 g/mol. The van der Waals surface area contributed by atoms with Gasteiger partial charge in [-0.2, -0.15) is 13.2 Å². The smallest absolute Gasteiger partial charge is 0.323 e. The monoisotopic (exact) mass is 460 g/mol. The van der Waals surface area contributed by atoms with E-state index in [-0.39, 0.29) is 27.7 Å². The van der Waals surface area contributed by atoms with Crippen LogP contribution in [0.3, 0.4) is 0 Å². The molecule has 1 heterocycles. The van der Waals surface area contributed by atoms with Gasteiger partial charge in [0.25, 0.3) is 0 Å². The molecule has 2 aromatic carbocycles. The Morgan fingerprint density at radius 2 is 1.90 bits per heavy atom. The minimum absolute atomic E-state index is 0.0390. The van der Waals surface area contributed by atoms with Crippen molar-refractivity contribution in [3.8, 4) is 0 Å². The number of rotatable bonds is 3. The molecule has 1 N–H and O–H groups in total. The van der Waals surface area contributed by atoms with Gasteiger partial charge in [0.2, 0.25) is 11.8 Å². The Kier molecular flexibility index (Phi) is 5.83. The van der Waals surface area contributed by atoms with Crippen LogP contribution in [0.15, 0.2) is 47.4 Å². The van der Waals surface area contributed by atoms with Gasteiger partial charge < -0.3 is 10.2 Å². The van der Waals surface area contributed by atoms with Gasteiger partial charge in [0, 0.05) is 6.42 Å². The molecule has 0 aromatic heterocycles. The molecule has 30 heavy (non-hydrogen) atoms. The number of nitrogens with zero attached hydrogens (tertiary/aromatic N) is 1. The molecule has 2 amide bonds. The zero-order chi connectivity index (χ0) is 22.3. The SMILES string of the molecule is CC1CC(=O)N(CC(=O)Nc2cc(C(F)(F)F)ccc2Cl)c2ccccc2S1(=O)=O. The van der Waals surface area contributed by atoms with Gasteiger partial charge in [0.15, 0.2) is 9.84 Å². The third-order valence-corrected chi connectivity index (χ3v) is 7.14. The van der Waals surface area contributed by atoms with Crippen molar-refractivity contribution in [1.29, 1.82) is 0 Å². The molecule has 11 heteroatoms. The molecule has 2 aromatic rings. The minimum Gasteiger partial charge on any atom is -0.323 e. The fraction of sp³-hybridized carbons (Fsp3) is 0.263. The molecule has 3 rings (SSSR count). The summed E-state index contributed by atoms with van der Waals surface area (Å²) in [5.41, 5.74) is -1.23. The second kappa shape index (κ2) is 7.92. The Balaban J connectivity index is 1.91. The number of carbonyl (C=O) groups is 2. The summed E-state index contributed by atoms with van der Waals surface area (Å²) in [4.78, 5) is 26.0. The lowest BCUT2D eigenvalue weighted by molar-refractivity contribution is -0.137. The highest BCUT2D eigenvalue weighted by Crippen LogP contribution is 2.35. The fourth-order valence-electron chi connectivity index (χ4n) is 3.04. The van der Waals surface area contributed by atoms with E-state index < -0.39 is 45.2 Å². The van der Waals surface area contributed by atoms with Crippen LogP contribution in [0.2, 0.25) is 5.02 Å². The van der Waals surface area contributed by atoms with Gasteiger partial charge >= 0.3 is 6.18 Å². The second-order valence-corrected chi connectivity index (χ2v) is 9.49. The topological polar surface area (TPSA) is 83.6 Å². The van der Waals surface area contributed by atoms with E-state index in [0.29, 0.717) is 6.07 Å². The first-order chi connectivity index (χ1) is 13.9. The van der Waals surface area contributed by atoms with E-state index in [9.17, 15) is 31.2 Å². The molecule has 1 atom stereocenters. The number of halogens is 4. The number of carbonyl (C=O) groups excluding carboxylic acids is 2. The summed E-state index contributed by atoms with van der Waals surface area (Å²) >= 11 is 5.88. The first kappa shape index (κ1) is 22.1. The Bertz CT molecular complexity index is 1120. The van der Waals surface area contributed by atoms with Crippen LogP contribution in [-0.2, 0) is 25.6 Å². The van der Waals surface area contributed by atoms with Crippen LogP contribution < -0.4 is 10.2 Å². The number of benzene rings is 2. The second-order valence-electron chi connectivity index (χ2n) is 6.75. The average Bonchev–Trinajstić information content (AvgIpc) is 2.72. The minimum atomic E-state index is -4.63. The van der Waals surface area contributed by atoms with Gasteiger partial charge in [-0.25, -0.2) is 8.42 Å². The van der Waals surface area contributed by atoms with E-state index in [1.807, 2.05) is 0 Å². The molecule has 0 spiro atoms. The predicted octanol–water partition coefficient (Wildman–Crippen LogP) is 3.90. The molecule has 0 radical (unpaired) electrons. The van der Waals surface area contributed by atoms with Crippen LogP contribution >= 0.6 is 11.6 Å². The number of alkyl halides is 3. The molecular formula is C19H16ClF3N2O4S. The van der Waals surface area contributed by atoms with Crippen LogP contribution in [0.5, 0.6) is 0 Å².